The lowest BCUT2D eigenvalue weighted by Gasteiger charge is -2.22. The van der Waals surface area contributed by atoms with Crippen LogP contribution in [-0.2, 0) is 11.3 Å². The van der Waals surface area contributed by atoms with E-state index in [1.54, 1.807) is 6.07 Å². The van der Waals surface area contributed by atoms with Crippen molar-refractivity contribution in [3.05, 3.63) is 65.0 Å². The van der Waals surface area contributed by atoms with Gasteiger partial charge in [-0.3, -0.25) is 9.69 Å². The van der Waals surface area contributed by atoms with E-state index >= 15 is 0 Å². The predicted molar refractivity (Wildman–Crippen MR) is 106 cm³/mol. The first kappa shape index (κ1) is 20.1. The molecule has 0 fully saturated rings. The quantitative estimate of drug-likeness (QED) is 0.745. The molecule has 0 aliphatic rings. The number of likely N-dealkylation sites (N-methyl/N-ethyl adjacent to an activating group) is 1. The number of nitrogens with one attached hydrogen (secondary N) is 1. The van der Waals surface area contributed by atoms with E-state index in [1.165, 1.54) is 12.1 Å². The fraction of sp³-hybridized carbons (Fsp3) is 0.409. The Morgan fingerprint density at radius 2 is 1.62 bits per heavy atom. The Morgan fingerprint density at radius 1 is 1.04 bits per heavy atom. The van der Waals surface area contributed by atoms with Crippen LogP contribution in [0.25, 0.3) is 0 Å². The molecule has 3 nitrogen and oxygen atoms in total. The molecule has 26 heavy (non-hydrogen) atoms. The fourth-order valence-corrected chi connectivity index (χ4v) is 3.12. The molecule has 0 heterocycles. The molecule has 0 radical (unpaired) electrons. The lowest BCUT2D eigenvalue weighted by molar-refractivity contribution is -0.117. The monoisotopic (exact) mass is 356 g/mol. The minimum absolute atomic E-state index is 0.0566. The number of anilines is 1. The van der Waals surface area contributed by atoms with Gasteiger partial charge in [0.15, 0.2) is 0 Å². The van der Waals surface area contributed by atoms with E-state index in [4.69, 9.17) is 0 Å². The molecule has 0 unspecified atom stereocenters. The topological polar surface area (TPSA) is 32.3 Å². The van der Waals surface area contributed by atoms with Crippen molar-refractivity contribution in [3.8, 4) is 0 Å². The zero-order valence-electron chi connectivity index (χ0n) is 16.3. The molecule has 4 heteroatoms. The van der Waals surface area contributed by atoms with Gasteiger partial charge in [-0.25, -0.2) is 4.39 Å². The molecule has 0 aromatic heterocycles. The molecule has 2 aromatic carbocycles. The number of hydrogen-bond donors (Lipinski definition) is 1. The first-order valence-electron chi connectivity index (χ1n) is 9.13. The van der Waals surface area contributed by atoms with Gasteiger partial charge < -0.3 is 5.32 Å². The summed E-state index contributed by atoms with van der Waals surface area (Å²) in [7, 11) is 1.86. The fourth-order valence-electron chi connectivity index (χ4n) is 3.12. The molecule has 0 spiro atoms. The number of carbonyl (C=O) groups excluding carboxylic acids is 1. The molecular formula is C22H29FN2O. The van der Waals surface area contributed by atoms with Crippen molar-refractivity contribution in [1.82, 2.24) is 4.90 Å². The maximum Gasteiger partial charge on any atom is 0.238 e. The van der Waals surface area contributed by atoms with Crippen LogP contribution in [0.3, 0.4) is 0 Å². The highest BCUT2D eigenvalue weighted by Gasteiger charge is 2.16. The molecule has 0 aliphatic heterocycles. The first-order valence-corrected chi connectivity index (χ1v) is 9.13. The second-order valence-electron chi connectivity index (χ2n) is 7.47. The molecule has 0 saturated carbocycles. The van der Waals surface area contributed by atoms with Gasteiger partial charge in [-0.1, -0.05) is 58.0 Å². The van der Waals surface area contributed by atoms with Crippen molar-refractivity contribution >= 4 is 11.6 Å². The van der Waals surface area contributed by atoms with Gasteiger partial charge in [0.25, 0.3) is 0 Å². The van der Waals surface area contributed by atoms with Crippen molar-refractivity contribution in [2.24, 2.45) is 0 Å². The summed E-state index contributed by atoms with van der Waals surface area (Å²) in [6, 6.07) is 12.7. The van der Waals surface area contributed by atoms with Gasteiger partial charge in [0.2, 0.25) is 5.91 Å². The summed E-state index contributed by atoms with van der Waals surface area (Å²) in [6.07, 6.45) is 0. The molecule has 0 atom stereocenters. The van der Waals surface area contributed by atoms with Crippen molar-refractivity contribution in [1.29, 1.82) is 0 Å². The number of rotatable bonds is 7. The summed E-state index contributed by atoms with van der Waals surface area (Å²) >= 11 is 0. The predicted octanol–water partition coefficient (Wildman–Crippen LogP) is 5.14. The largest absolute Gasteiger partial charge is 0.324 e. The molecule has 0 bridgehead atoms. The van der Waals surface area contributed by atoms with E-state index < -0.39 is 0 Å². The van der Waals surface area contributed by atoms with Gasteiger partial charge in [0.1, 0.15) is 5.82 Å². The van der Waals surface area contributed by atoms with Crippen LogP contribution >= 0.6 is 0 Å². The Balaban J connectivity index is 2.09. The second kappa shape index (κ2) is 8.95. The third-order valence-corrected chi connectivity index (χ3v) is 4.39. The summed E-state index contributed by atoms with van der Waals surface area (Å²) in [6.45, 7) is 9.29. The lowest BCUT2D eigenvalue weighted by Crippen LogP contribution is -2.30. The summed E-state index contributed by atoms with van der Waals surface area (Å²) in [5, 5.41) is 3.12. The highest BCUT2D eigenvalue weighted by molar-refractivity contribution is 5.94. The average molecular weight is 356 g/mol. The standard InChI is InChI=1S/C22H29FN2O/c1-15(2)19-10-7-11-20(16(3)4)22(19)24-21(26)14-25(5)13-17-8-6-9-18(23)12-17/h6-12,15-16H,13-14H2,1-5H3,(H,24,26). The van der Waals surface area contributed by atoms with Gasteiger partial charge >= 0.3 is 0 Å². The average Bonchev–Trinajstić information content (AvgIpc) is 2.54. The zero-order valence-corrected chi connectivity index (χ0v) is 16.3. The third kappa shape index (κ3) is 5.40. The van der Waals surface area contributed by atoms with Crippen LogP contribution in [0.4, 0.5) is 10.1 Å². The van der Waals surface area contributed by atoms with E-state index in [2.05, 4.69) is 51.2 Å². The Kier molecular flexibility index (Phi) is 6.92. The third-order valence-electron chi connectivity index (χ3n) is 4.39. The highest BCUT2D eigenvalue weighted by Crippen LogP contribution is 2.32. The number of halogens is 1. The molecule has 0 aliphatic carbocycles. The van der Waals surface area contributed by atoms with E-state index in [9.17, 15) is 9.18 Å². The Bertz CT molecular complexity index is 729. The van der Waals surface area contributed by atoms with Crippen LogP contribution in [0.5, 0.6) is 0 Å². The smallest absolute Gasteiger partial charge is 0.238 e. The Labute approximate surface area is 156 Å². The van der Waals surface area contributed by atoms with Crippen molar-refractivity contribution in [2.45, 2.75) is 46.1 Å². The lowest BCUT2D eigenvalue weighted by atomic mass is 9.92. The SMILES string of the molecule is CC(C)c1cccc(C(C)C)c1NC(=O)CN(C)Cc1cccc(F)c1. The molecule has 140 valence electrons. The van der Waals surface area contributed by atoms with Crippen LogP contribution in [0.1, 0.15) is 56.2 Å². The van der Waals surface area contributed by atoms with Gasteiger partial charge in [-0.15, -0.1) is 0 Å². The van der Waals surface area contributed by atoms with Crippen LogP contribution in [-0.4, -0.2) is 24.4 Å². The number of nitrogens with zero attached hydrogens (tertiary/aromatic N) is 1. The van der Waals surface area contributed by atoms with E-state index in [0.717, 1.165) is 22.4 Å². The maximum atomic E-state index is 13.3. The number of carbonyl (C=O) groups is 1. The van der Waals surface area contributed by atoms with Crippen LogP contribution < -0.4 is 5.32 Å². The number of amides is 1. The Morgan fingerprint density at radius 3 is 2.15 bits per heavy atom. The molecular weight excluding hydrogens is 327 g/mol. The zero-order chi connectivity index (χ0) is 19.3. The molecule has 1 N–H and O–H groups in total. The highest BCUT2D eigenvalue weighted by atomic mass is 19.1. The summed E-state index contributed by atoms with van der Waals surface area (Å²) in [5.74, 6) is 0.342. The van der Waals surface area contributed by atoms with Crippen molar-refractivity contribution in [3.63, 3.8) is 0 Å². The first-order chi connectivity index (χ1) is 12.3. The molecule has 2 aromatic rings. The van der Waals surface area contributed by atoms with Crippen LogP contribution in [0.2, 0.25) is 0 Å². The number of hydrogen-bond acceptors (Lipinski definition) is 2. The van der Waals surface area contributed by atoms with Crippen molar-refractivity contribution in [2.75, 3.05) is 18.9 Å². The number of benzene rings is 2. The normalized spacial score (nSPS) is 11.4. The second-order valence-corrected chi connectivity index (χ2v) is 7.47. The maximum absolute atomic E-state index is 13.3. The summed E-state index contributed by atoms with van der Waals surface area (Å²) in [4.78, 5) is 14.5. The molecule has 1 amide bonds. The van der Waals surface area contributed by atoms with Crippen LogP contribution in [0, 0.1) is 5.82 Å². The van der Waals surface area contributed by atoms with E-state index in [-0.39, 0.29) is 18.3 Å². The number of para-hydroxylation sites is 1. The van der Waals surface area contributed by atoms with E-state index in [0.29, 0.717) is 18.4 Å². The van der Waals surface area contributed by atoms with Gasteiger partial charge in [-0.05, 0) is 47.7 Å². The van der Waals surface area contributed by atoms with Gasteiger partial charge in [-0.2, -0.15) is 0 Å². The molecule has 0 saturated heterocycles. The molecule has 2 rings (SSSR count). The van der Waals surface area contributed by atoms with Gasteiger partial charge in [0, 0.05) is 12.2 Å². The minimum atomic E-state index is -0.257. The summed E-state index contributed by atoms with van der Waals surface area (Å²) in [5.41, 5.74) is 4.09. The van der Waals surface area contributed by atoms with Gasteiger partial charge in [0.05, 0.1) is 6.54 Å². The summed E-state index contributed by atoms with van der Waals surface area (Å²) < 4.78 is 13.3. The minimum Gasteiger partial charge on any atom is -0.324 e. The Hall–Kier alpha value is -2.20. The van der Waals surface area contributed by atoms with Crippen LogP contribution in [0.15, 0.2) is 42.5 Å². The van der Waals surface area contributed by atoms with Crippen molar-refractivity contribution < 1.29 is 9.18 Å². The van der Waals surface area contributed by atoms with E-state index in [1.807, 2.05) is 18.0 Å².